The summed E-state index contributed by atoms with van der Waals surface area (Å²) in [6.07, 6.45) is 3.47. The van der Waals surface area contributed by atoms with Crippen LogP contribution in [0.15, 0.2) is 59.1 Å². The highest BCUT2D eigenvalue weighted by Crippen LogP contribution is 2.44. The summed E-state index contributed by atoms with van der Waals surface area (Å²) in [4.78, 5) is 24.7. The minimum Gasteiger partial charge on any atom is -0.354 e. The van der Waals surface area contributed by atoms with Gasteiger partial charge in [-0.1, -0.05) is 64.8 Å². The van der Waals surface area contributed by atoms with Crippen LogP contribution in [0.5, 0.6) is 0 Å². The van der Waals surface area contributed by atoms with Crippen LogP contribution in [-0.4, -0.2) is 24.9 Å². The molecule has 2 N–H and O–H groups in total. The van der Waals surface area contributed by atoms with E-state index in [1.165, 1.54) is 5.56 Å². The summed E-state index contributed by atoms with van der Waals surface area (Å²) in [6.45, 7) is 0.586. The van der Waals surface area contributed by atoms with Crippen molar-refractivity contribution >= 4 is 27.7 Å². The standard InChI is InChI=1S/C21H23BrN2O2/c22-18-9-7-17(8-10-18)21(12-4-13-21)20(26)24-15-19(25)23-14-11-16-5-2-1-3-6-16/h1-3,5-10H,4,11-15H2,(H,23,25)(H,24,26). The van der Waals surface area contributed by atoms with Gasteiger partial charge in [-0.15, -0.1) is 0 Å². The van der Waals surface area contributed by atoms with Gasteiger partial charge in [0.1, 0.15) is 0 Å². The van der Waals surface area contributed by atoms with E-state index < -0.39 is 5.41 Å². The van der Waals surface area contributed by atoms with Crippen molar-refractivity contribution in [1.82, 2.24) is 10.6 Å². The van der Waals surface area contributed by atoms with Crippen LogP contribution in [-0.2, 0) is 21.4 Å². The summed E-state index contributed by atoms with van der Waals surface area (Å²) in [5, 5.41) is 5.69. The summed E-state index contributed by atoms with van der Waals surface area (Å²) >= 11 is 3.43. The number of hydrogen-bond acceptors (Lipinski definition) is 2. The van der Waals surface area contributed by atoms with E-state index in [4.69, 9.17) is 0 Å². The van der Waals surface area contributed by atoms with Gasteiger partial charge in [0.15, 0.2) is 0 Å². The maximum absolute atomic E-state index is 12.7. The Labute approximate surface area is 162 Å². The lowest BCUT2D eigenvalue weighted by atomic mass is 9.64. The minimum atomic E-state index is -0.481. The number of nitrogens with one attached hydrogen (secondary N) is 2. The molecule has 0 bridgehead atoms. The van der Waals surface area contributed by atoms with E-state index in [0.29, 0.717) is 6.54 Å². The van der Waals surface area contributed by atoms with Gasteiger partial charge in [0.2, 0.25) is 11.8 Å². The third-order valence-electron chi connectivity index (χ3n) is 5.03. The van der Waals surface area contributed by atoms with Crippen molar-refractivity contribution in [3.63, 3.8) is 0 Å². The van der Waals surface area contributed by atoms with Crippen molar-refractivity contribution in [2.24, 2.45) is 0 Å². The summed E-state index contributed by atoms with van der Waals surface area (Å²) < 4.78 is 0.994. The second kappa shape index (κ2) is 8.49. The zero-order valence-electron chi connectivity index (χ0n) is 14.6. The van der Waals surface area contributed by atoms with Gasteiger partial charge >= 0.3 is 0 Å². The quantitative estimate of drug-likeness (QED) is 0.729. The van der Waals surface area contributed by atoms with Crippen LogP contribution < -0.4 is 10.6 Å². The van der Waals surface area contributed by atoms with Gasteiger partial charge in [-0.3, -0.25) is 9.59 Å². The molecule has 0 heterocycles. The minimum absolute atomic E-state index is 0.0197. The van der Waals surface area contributed by atoms with Crippen molar-refractivity contribution in [2.45, 2.75) is 31.1 Å². The number of rotatable bonds is 7. The lowest BCUT2D eigenvalue weighted by Crippen LogP contribution is -2.51. The summed E-state index contributed by atoms with van der Waals surface area (Å²) in [6, 6.07) is 17.9. The van der Waals surface area contributed by atoms with E-state index in [9.17, 15) is 9.59 Å². The molecule has 1 fully saturated rings. The van der Waals surface area contributed by atoms with Gasteiger partial charge in [-0.2, -0.15) is 0 Å². The molecule has 0 saturated heterocycles. The topological polar surface area (TPSA) is 58.2 Å². The number of hydrogen-bond donors (Lipinski definition) is 2. The zero-order valence-corrected chi connectivity index (χ0v) is 16.2. The lowest BCUT2D eigenvalue weighted by Gasteiger charge is -2.40. The molecule has 1 aliphatic rings. The molecule has 0 spiro atoms. The molecule has 0 radical (unpaired) electrons. The molecule has 26 heavy (non-hydrogen) atoms. The number of carbonyl (C=O) groups excluding carboxylic acids is 2. The van der Waals surface area contributed by atoms with E-state index in [0.717, 1.165) is 35.7 Å². The van der Waals surface area contributed by atoms with E-state index in [2.05, 4.69) is 26.6 Å². The van der Waals surface area contributed by atoms with Crippen LogP contribution in [0.1, 0.15) is 30.4 Å². The second-order valence-electron chi connectivity index (χ2n) is 6.71. The predicted molar refractivity (Wildman–Crippen MR) is 106 cm³/mol. The molecule has 1 saturated carbocycles. The molecule has 0 aliphatic heterocycles. The largest absolute Gasteiger partial charge is 0.354 e. The van der Waals surface area contributed by atoms with Crippen molar-refractivity contribution in [3.8, 4) is 0 Å². The molecule has 4 nitrogen and oxygen atoms in total. The van der Waals surface area contributed by atoms with Gasteiger partial charge in [0.05, 0.1) is 12.0 Å². The molecule has 2 aromatic rings. The van der Waals surface area contributed by atoms with Crippen LogP contribution in [0, 0.1) is 0 Å². The Bertz CT molecular complexity index is 755. The molecule has 136 valence electrons. The molecular weight excluding hydrogens is 392 g/mol. The Morgan fingerprint density at radius 1 is 0.962 bits per heavy atom. The fourth-order valence-corrected chi connectivity index (χ4v) is 3.59. The fraction of sp³-hybridized carbons (Fsp3) is 0.333. The third kappa shape index (κ3) is 4.33. The average molecular weight is 415 g/mol. The Kier molecular flexibility index (Phi) is 6.09. The van der Waals surface area contributed by atoms with E-state index in [1.807, 2.05) is 54.6 Å². The van der Waals surface area contributed by atoms with E-state index in [1.54, 1.807) is 0 Å². The molecule has 0 aromatic heterocycles. The SMILES string of the molecule is O=C(CNC(=O)C1(c2ccc(Br)cc2)CCC1)NCCc1ccccc1. The number of benzene rings is 2. The summed E-state index contributed by atoms with van der Waals surface area (Å²) in [5.74, 6) is -0.205. The average Bonchev–Trinajstić information content (AvgIpc) is 2.61. The first-order valence-electron chi connectivity index (χ1n) is 8.95. The van der Waals surface area contributed by atoms with Crippen molar-refractivity contribution in [1.29, 1.82) is 0 Å². The van der Waals surface area contributed by atoms with Gasteiger partial charge in [-0.25, -0.2) is 0 Å². The number of amides is 2. The Balaban J connectivity index is 1.48. The lowest BCUT2D eigenvalue weighted by molar-refractivity contribution is -0.132. The Morgan fingerprint density at radius 3 is 2.27 bits per heavy atom. The molecule has 0 atom stereocenters. The molecule has 5 heteroatoms. The number of halogens is 1. The highest BCUT2D eigenvalue weighted by atomic mass is 79.9. The molecule has 2 amide bonds. The second-order valence-corrected chi connectivity index (χ2v) is 7.63. The molecular formula is C21H23BrN2O2. The first-order chi connectivity index (χ1) is 12.6. The van der Waals surface area contributed by atoms with E-state index >= 15 is 0 Å². The summed E-state index contributed by atoms with van der Waals surface area (Å²) in [5.41, 5.74) is 1.72. The third-order valence-corrected chi connectivity index (χ3v) is 5.56. The van der Waals surface area contributed by atoms with Crippen molar-refractivity contribution in [2.75, 3.05) is 13.1 Å². The highest BCUT2D eigenvalue weighted by molar-refractivity contribution is 9.10. The van der Waals surface area contributed by atoms with Gasteiger partial charge in [-0.05, 0) is 42.5 Å². The van der Waals surface area contributed by atoms with Crippen LogP contribution in [0.2, 0.25) is 0 Å². The molecule has 0 unspecified atom stereocenters. The first-order valence-corrected chi connectivity index (χ1v) is 9.74. The first kappa shape index (κ1) is 18.6. The monoisotopic (exact) mass is 414 g/mol. The van der Waals surface area contributed by atoms with Gasteiger partial charge in [0, 0.05) is 11.0 Å². The van der Waals surface area contributed by atoms with Crippen molar-refractivity contribution in [3.05, 3.63) is 70.2 Å². The smallest absolute Gasteiger partial charge is 0.239 e. The van der Waals surface area contributed by atoms with Gasteiger partial charge in [0.25, 0.3) is 0 Å². The fourth-order valence-electron chi connectivity index (χ4n) is 3.33. The summed E-state index contributed by atoms with van der Waals surface area (Å²) in [7, 11) is 0. The highest BCUT2D eigenvalue weighted by Gasteiger charge is 2.45. The Hall–Kier alpha value is -2.14. The Morgan fingerprint density at radius 2 is 1.65 bits per heavy atom. The van der Waals surface area contributed by atoms with Gasteiger partial charge < -0.3 is 10.6 Å². The van der Waals surface area contributed by atoms with E-state index in [-0.39, 0.29) is 18.4 Å². The van der Waals surface area contributed by atoms with Crippen LogP contribution in [0.4, 0.5) is 0 Å². The molecule has 3 rings (SSSR count). The van der Waals surface area contributed by atoms with Crippen LogP contribution >= 0.6 is 15.9 Å². The maximum atomic E-state index is 12.7. The molecule has 2 aromatic carbocycles. The van der Waals surface area contributed by atoms with Crippen LogP contribution in [0.25, 0.3) is 0 Å². The number of carbonyl (C=O) groups is 2. The molecule has 1 aliphatic carbocycles. The zero-order chi connectivity index (χ0) is 18.4. The predicted octanol–water partition coefficient (Wildman–Crippen LogP) is 3.35. The van der Waals surface area contributed by atoms with Crippen molar-refractivity contribution < 1.29 is 9.59 Å². The van der Waals surface area contributed by atoms with Crippen LogP contribution in [0.3, 0.4) is 0 Å². The normalized spacial score (nSPS) is 15.0. The maximum Gasteiger partial charge on any atom is 0.239 e.